The molecule has 7 heteroatoms. The summed E-state index contributed by atoms with van der Waals surface area (Å²) in [6.07, 6.45) is 1.33. The van der Waals surface area contributed by atoms with Crippen molar-refractivity contribution in [3.05, 3.63) is 41.8 Å². The van der Waals surface area contributed by atoms with Gasteiger partial charge in [-0.3, -0.25) is 9.69 Å². The molecule has 0 bridgehead atoms. The van der Waals surface area contributed by atoms with Gasteiger partial charge in [-0.05, 0) is 32.5 Å². The number of hydrogen-bond acceptors (Lipinski definition) is 5. The number of rotatable bonds is 5. The quantitative estimate of drug-likeness (QED) is 0.842. The molecule has 2 heterocycles. The predicted molar refractivity (Wildman–Crippen MR) is 87.0 cm³/mol. The fourth-order valence-electron chi connectivity index (χ4n) is 2.98. The van der Waals surface area contributed by atoms with Crippen molar-refractivity contribution in [1.29, 1.82) is 0 Å². The van der Waals surface area contributed by atoms with Crippen LogP contribution in [0.1, 0.15) is 38.0 Å². The molecule has 1 amide bonds. The SMILES string of the molecule is CCc1noc(C(C)N(C)C2CCN(c3ccccc3F)C2=O)n1. The zero-order valence-electron chi connectivity index (χ0n) is 14.1. The lowest BCUT2D eigenvalue weighted by Gasteiger charge is -2.27. The molecular formula is C17H21FN4O2. The first-order valence-corrected chi connectivity index (χ1v) is 8.13. The summed E-state index contributed by atoms with van der Waals surface area (Å²) >= 11 is 0. The number of benzene rings is 1. The van der Waals surface area contributed by atoms with Gasteiger partial charge < -0.3 is 9.42 Å². The van der Waals surface area contributed by atoms with E-state index in [0.29, 0.717) is 36.8 Å². The molecule has 128 valence electrons. The highest BCUT2D eigenvalue weighted by Crippen LogP contribution is 2.29. The third-order valence-electron chi connectivity index (χ3n) is 4.58. The molecule has 24 heavy (non-hydrogen) atoms. The molecule has 1 aromatic heterocycles. The number of nitrogens with zero attached hydrogens (tertiary/aromatic N) is 4. The van der Waals surface area contributed by atoms with Gasteiger partial charge in [-0.2, -0.15) is 4.98 Å². The fraction of sp³-hybridized carbons (Fsp3) is 0.471. The molecule has 2 aromatic rings. The molecule has 1 aromatic carbocycles. The molecule has 3 rings (SSSR count). The molecule has 0 N–H and O–H groups in total. The maximum atomic E-state index is 14.0. The standard InChI is InChI=1S/C17H21FN4O2/c1-4-15-19-16(24-20-15)11(2)21(3)14-9-10-22(17(14)23)13-8-6-5-7-12(13)18/h5-8,11,14H,4,9-10H2,1-3H3. The Hall–Kier alpha value is -2.28. The second-order valence-electron chi connectivity index (χ2n) is 5.99. The molecule has 1 saturated heterocycles. The zero-order valence-corrected chi connectivity index (χ0v) is 14.1. The first-order chi connectivity index (χ1) is 11.5. The second kappa shape index (κ2) is 6.68. The van der Waals surface area contributed by atoms with Crippen molar-refractivity contribution in [2.24, 2.45) is 0 Å². The molecule has 0 spiro atoms. The van der Waals surface area contributed by atoms with Crippen LogP contribution in [0.25, 0.3) is 0 Å². The lowest BCUT2D eigenvalue weighted by Crippen LogP contribution is -2.41. The molecule has 2 atom stereocenters. The molecule has 0 saturated carbocycles. The maximum Gasteiger partial charge on any atom is 0.244 e. The number of carbonyl (C=O) groups is 1. The van der Waals surface area contributed by atoms with Crippen LogP contribution < -0.4 is 4.90 Å². The highest BCUT2D eigenvalue weighted by atomic mass is 19.1. The summed E-state index contributed by atoms with van der Waals surface area (Å²) in [7, 11) is 1.86. The van der Waals surface area contributed by atoms with E-state index in [1.165, 1.54) is 11.0 Å². The summed E-state index contributed by atoms with van der Waals surface area (Å²) in [6, 6.07) is 5.82. The molecule has 0 aliphatic carbocycles. The number of para-hydroxylation sites is 1. The molecule has 2 unspecified atom stereocenters. The van der Waals surface area contributed by atoms with Gasteiger partial charge in [-0.15, -0.1) is 0 Å². The van der Waals surface area contributed by atoms with Crippen LogP contribution >= 0.6 is 0 Å². The summed E-state index contributed by atoms with van der Waals surface area (Å²) in [6.45, 7) is 4.37. The van der Waals surface area contributed by atoms with E-state index in [-0.39, 0.29) is 23.8 Å². The number of carbonyl (C=O) groups excluding carboxylic acids is 1. The van der Waals surface area contributed by atoms with Crippen LogP contribution in [0.15, 0.2) is 28.8 Å². The molecule has 0 radical (unpaired) electrons. The van der Waals surface area contributed by atoms with Gasteiger partial charge in [-0.1, -0.05) is 24.2 Å². The predicted octanol–water partition coefficient (Wildman–Crippen LogP) is 2.57. The second-order valence-corrected chi connectivity index (χ2v) is 5.99. The van der Waals surface area contributed by atoms with Gasteiger partial charge in [0, 0.05) is 13.0 Å². The Bertz CT molecular complexity index is 733. The van der Waals surface area contributed by atoms with Crippen molar-refractivity contribution < 1.29 is 13.7 Å². The summed E-state index contributed by atoms with van der Waals surface area (Å²) in [5.74, 6) is 0.652. The number of hydrogen-bond donors (Lipinski definition) is 0. The van der Waals surface area contributed by atoms with Gasteiger partial charge >= 0.3 is 0 Å². The van der Waals surface area contributed by atoms with E-state index in [1.807, 2.05) is 25.8 Å². The van der Waals surface area contributed by atoms with Crippen LogP contribution in [0.4, 0.5) is 10.1 Å². The normalized spacial score (nSPS) is 19.3. The Balaban J connectivity index is 1.76. The number of aromatic nitrogens is 2. The van der Waals surface area contributed by atoms with Crippen molar-refractivity contribution in [2.75, 3.05) is 18.5 Å². The number of amides is 1. The van der Waals surface area contributed by atoms with Crippen molar-refractivity contribution in [3.8, 4) is 0 Å². The maximum absolute atomic E-state index is 14.0. The third-order valence-corrected chi connectivity index (χ3v) is 4.58. The minimum absolute atomic E-state index is 0.107. The number of aryl methyl sites for hydroxylation is 1. The summed E-state index contributed by atoms with van der Waals surface area (Å²) < 4.78 is 19.2. The van der Waals surface area contributed by atoms with Crippen LogP contribution in [-0.2, 0) is 11.2 Å². The molecular weight excluding hydrogens is 311 g/mol. The Labute approximate surface area is 140 Å². The van der Waals surface area contributed by atoms with E-state index in [2.05, 4.69) is 10.1 Å². The van der Waals surface area contributed by atoms with Gasteiger partial charge in [0.1, 0.15) is 5.82 Å². The van der Waals surface area contributed by atoms with Crippen LogP contribution in [0, 0.1) is 5.82 Å². The van der Waals surface area contributed by atoms with E-state index in [0.717, 1.165) is 0 Å². The Morgan fingerprint density at radius 1 is 1.46 bits per heavy atom. The third kappa shape index (κ3) is 2.91. The van der Waals surface area contributed by atoms with Gasteiger partial charge in [0.25, 0.3) is 0 Å². The molecule has 1 aliphatic rings. The highest BCUT2D eigenvalue weighted by molar-refractivity contribution is 5.99. The van der Waals surface area contributed by atoms with E-state index >= 15 is 0 Å². The van der Waals surface area contributed by atoms with Gasteiger partial charge in [0.05, 0.1) is 17.8 Å². The zero-order chi connectivity index (χ0) is 17.3. The smallest absolute Gasteiger partial charge is 0.244 e. The fourth-order valence-corrected chi connectivity index (χ4v) is 2.98. The number of anilines is 1. The lowest BCUT2D eigenvalue weighted by molar-refractivity contribution is -0.122. The summed E-state index contributed by atoms with van der Waals surface area (Å²) in [5.41, 5.74) is 0.331. The number of halogens is 1. The van der Waals surface area contributed by atoms with Crippen LogP contribution in [-0.4, -0.2) is 40.6 Å². The van der Waals surface area contributed by atoms with E-state index in [4.69, 9.17) is 4.52 Å². The first-order valence-electron chi connectivity index (χ1n) is 8.13. The minimum Gasteiger partial charge on any atom is -0.338 e. The van der Waals surface area contributed by atoms with E-state index < -0.39 is 0 Å². The molecule has 6 nitrogen and oxygen atoms in total. The number of likely N-dealkylation sites (N-methyl/N-ethyl adjacent to an activating group) is 1. The summed E-state index contributed by atoms with van der Waals surface area (Å²) in [4.78, 5) is 20.5. The summed E-state index contributed by atoms with van der Waals surface area (Å²) in [5, 5.41) is 3.90. The average Bonchev–Trinajstić information content (AvgIpc) is 3.21. The molecule has 1 fully saturated rings. The average molecular weight is 332 g/mol. The van der Waals surface area contributed by atoms with Crippen LogP contribution in [0.5, 0.6) is 0 Å². The Morgan fingerprint density at radius 3 is 2.88 bits per heavy atom. The van der Waals surface area contributed by atoms with Gasteiger partial charge in [0.15, 0.2) is 5.82 Å². The minimum atomic E-state index is -0.383. The van der Waals surface area contributed by atoms with Crippen molar-refractivity contribution in [3.63, 3.8) is 0 Å². The van der Waals surface area contributed by atoms with Crippen LogP contribution in [0.2, 0.25) is 0 Å². The van der Waals surface area contributed by atoms with Crippen molar-refractivity contribution >= 4 is 11.6 Å². The monoisotopic (exact) mass is 332 g/mol. The molecule has 1 aliphatic heterocycles. The highest BCUT2D eigenvalue weighted by Gasteiger charge is 2.38. The first kappa shape index (κ1) is 16.6. The van der Waals surface area contributed by atoms with Gasteiger partial charge in [0.2, 0.25) is 11.8 Å². The topological polar surface area (TPSA) is 62.5 Å². The largest absolute Gasteiger partial charge is 0.338 e. The van der Waals surface area contributed by atoms with Crippen molar-refractivity contribution in [2.45, 2.75) is 38.8 Å². The Kier molecular flexibility index (Phi) is 4.62. The van der Waals surface area contributed by atoms with E-state index in [9.17, 15) is 9.18 Å². The van der Waals surface area contributed by atoms with Crippen molar-refractivity contribution in [1.82, 2.24) is 15.0 Å². The van der Waals surface area contributed by atoms with Gasteiger partial charge in [-0.25, -0.2) is 4.39 Å². The Morgan fingerprint density at radius 2 is 2.21 bits per heavy atom. The van der Waals surface area contributed by atoms with Crippen LogP contribution in [0.3, 0.4) is 0 Å². The lowest BCUT2D eigenvalue weighted by atomic mass is 10.1. The van der Waals surface area contributed by atoms with E-state index in [1.54, 1.807) is 18.2 Å².